The lowest BCUT2D eigenvalue weighted by molar-refractivity contribution is 0.413. The summed E-state index contributed by atoms with van der Waals surface area (Å²) in [5.41, 5.74) is 1.04. The van der Waals surface area contributed by atoms with Crippen LogP contribution >= 0.6 is 0 Å². The van der Waals surface area contributed by atoms with Gasteiger partial charge in [-0.1, -0.05) is 0 Å². The summed E-state index contributed by atoms with van der Waals surface area (Å²) in [5.74, 6) is 0. The summed E-state index contributed by atoms with van der Waals surface area (Å²) in [6.07, 6.45) is 5.54. The Kier molecular flexibility index (Phi) is 4.87. The summed E-state index contributed by atoms with van der Waals surface area (Å²) in [6.45, 7) is 10.1. The minimum absolute atomic E-state index is 0.153. The third-order valence-electron chi connectivity index (χ3n) is 2.46. The molecule has 1 aromatic heterocycles. The average molecular weight is 237 g/mol. The third-order valence-corrected chi connectivity index (χ3v) is 2.46. The Balaban J connectivity index is 2.32. The predicted molar refractivity (Wildman–Crippen MR) is 70.2 cm³/mol. The number of hydrogen-bond donors (Lipinski definition) is 1. The fourth-order valence-corrected chi connectivity index (χ4v) is 1.60. The Bertz CT molecular complexity index is 404. The van der Waals surface area contributed by atoms with E-state index in [0.717, 1.165) is 31.5 Å². The van der Waals surface area contributed by atoms with Crippen LogP contribution in [0.25, 0.3) is 0 Å². The van der Waals surface area contributed by atoms with Gasteiger partial charge in [0.15, 0.2) is 0 Å². The summed E-state index contributed by atoms with van der Waals surface area (Å²) in [4.78, 5) is 15.2. The zero-order chi connectivity index (χ0) is 12.9. The van der Waals surface area contributed by atoms with Gasteiger partial charge in [-0.25, -0.2) is 9.78 Å². The zero-order valence-corrected chi connectivity index (χ0v) is 11.3. The minimum atomic E-state index is -0.153. The average Bonchev–Trinajstić information content (AvgIpc) is 2.21. The van der Waals surface area contributed by atoms with Crippen molar-refractivity contribution in [3.8, 4) is 0 Å². The molecule has 1 heterocycles. The van der Waals surface area contributed by atoms with Crippen LogP contribution in [0, 0.1) is 6.92 Å². The van der Waals surface area contributed by atoms with Crippen LogP contribution in [0.5, 0.6) is 0 Å². The second-order valence-corrected chi connectivity index (χ2v) is 5.49. The number of nitrogens with one attached hydrogen (secondary N) is 1. The van der Waals surface area contributed by atoms with Gasteiger partial charge in [-0.3, -0.25) is 4.57 Å². The minimum Gasteiger partial charge on any atom is -0.312 e. The molecule has 0 aliphatic carbocycles. The van der Waals surface area contributed by atoms with Crippen molar-refractivity contribution in [2.24, 2.45) is 0 Å². The van der Waals surface area contributed by atoms with Gasteiger partial charge in [-0.05, 0) is 52.6 Å². The fraction of sp³-hybridized carbons (Fsp3) is 0.692. The van der Waals surface area contributed by atoms with E-state index in [1.165, 1.54) is 0 Å². The van der Waals surface area contributed by atoms with Gasteiger partial charge >= 0.3 is 5.69 Å². The van der Waals surface area contributed by atoms with E-state index in [-0.39, 0.29) is 11.2 Å². The molecular formula is C13H23N3O. The van der Waals surface area contributed by atoms with Crippen molar-refractivity contribution in [2.45, 2.75) is 52.6 Å². The highest BCUT2D eigenvalue weighted by atomic mass is 16.1. The number of hydrogen-bond acceptors (Lipinski definition) is 3. The maximum atomic E-state index is 11.4. The molecule has 0 atom stereocenters. The molecule has 0 spiro atoms. The molecule has 0 aliphatic rings. The highest BCUT2D eigenvalue weighted by Gasteiger charge is 2.07. The van der Waals surface area contributed by atoms with Crippen molar-refractivity contribution < 1.29 is 0 Å². The molecule has 0 aromatic carbocycles. The summed E-state index contributed by atoms with van der Waals surface area (Å²) in [7, 11) is 0. The molecule has 0 bridgehead atoms. The van der Waals surface area contributed by atoms with Crippen molar-refractivity contribution in [3.05, 3.63) is 28.4 Å². The molecule has 1 aromatic rings. The van der Waals surface area contributed by atoms with Crippen LogP contribution in [-0.2, 0) is 6.54 Å². The highest BCUT2D eigenvalue weighted by molar-refractivity contribution is 4.99. The van der Waals surface area contributed by atoms with Gasteiger partial charge in [-0.2, -0.15) is 0 Å². The largest absolute Gasteiger partial charge is 0.347 e. The first-order chi connectivity index (χ1) is 7.88. The number of unbranched alkanes of at least 4 members (excludes halogenated alkanes) is 1. The summed E-state index contributed by atoms with van der Waals surface area (Å²) >= 11 is 0. The van der Waals surface area contributed by atoms with Gasteiger partial charge in [0, 0.05) is 24.5 Å². The van der Waals surface area contributed by atoms with Crippen molar-refractivity contribution in [3.63, 3.8) is 0 Å². The van der Waals surface area contributed by atoms with Crippen LogP contribution in [0.2, 0.25) is 0 Å². The Morgan fingerprint density at radius 3 is 2.71 bits per heavy atom. The van der Waals surface area contributed by atoms with E-state index < -0.39 is 0 Å². The zero-order valence-electron chi connectivity index (χ0n) is 11.3. The van der Waals surface area contributed by atoms with E-state index in [2.05, 4.69) is 31.1 Å². The van der Waals surface area contributed by atoms with Gasteiger partial charge in [0.05, 0.1) is 0 Å². The summed E-state index contributed by atoms with van der Waals surface area (Å²) < 4.78 is 1.69. The molecular weight excluding hydrogens is 214 g/mol. The lowest BCUT2D eigenvalue weighted by atomic mass is 10.1. The van der Waals surface area contributed by atoms with Crippen molar-refractivity contribution in [2.75, 3.05) is 6.54 Å². The first-order valence-corrected chi connectivity index (χ1v) is 6.16. The molecule has 96 valence electrons. The van der Waals surface area contributed by atoms with Crippen LogP contribution in [0.1, 0.15) is 39.2 Å². The molecule has 0 fully saturated rings. The Morgan fingerprint density at radius 1 is 1.35 bits per heavy atom. The van der Waals surface area contributed by atoms with Crippen LogP contribution in [0.3, 0.4) is 0 Å². The molecule has 0 aliphatic heterocycles. The standard InChI is InChI=1S/C13H23N3O/c1-11-9-14-12(17)16(10-11)8-6-5-7-15-13(2,3)4/h9-10,15H,5-8H2,1-4H3. The van der Waals surface area contributed by atoms with Gasteiger partial charge in [0.25, 0.3) is 0 Å². The summed E-state index contributed by atoms with van der Waals surface area (Å²) in [5, 5.41) is 3.43. The first kappa shape index (κ1) is 13.9. The number of aryl methyl sites for hydroxylation is 2. The number of nitrogens with zero attached hydrogens (tertiary/aromatic N) is 2. The molecule has 0 saturated heterocycles. The molecule has 0 amide bonds. The molecule has 1 N–H and O–H groups in total. The van der Waals surface area contributed by atoms with E-state index in [4.69, 9.17) is 0 Å². The van der Waals surface area contributed by atoms with E-state index in [1.54, 1.807) is 10.8 Å². The Labute approximate surface area is 103 Å². The van der Waals surface area contributed by atoms with Crippen molar-refractivity contribution >= 4 is 0 Å². The first-order valence-electron chi connectivity index (χ1n) is 6.16. The quantitative estimate of drug-likeness (QED) is 0.793. The Morgan fingerprint density at radius 2 is 2.06 bits per heavy atom. The van der Waals surface area contributed by atoms with Crippen LogP contribution in [0.15, 0.2) is 17.2 Å². The molecule has 4 nitrogen and oxygen atoms in total. The molecule has 0 saturated carbocycles. The molecule has 0 radical (unpaired) electrons. The van der Waals surface area contributed by atoms with Crippen molar-refractivity contribution in [1.82, 2.24) is 14.9 Å². The smallest absolute Gasteiger partial charge is 0.312 e. The fourth-order valence-electron chi connectivity index (χ4n) is 1.60. The Hall–Kier alpha value is -1.16. The van der Waals surface area contributed by atoms with Crippen molar-refractivity contribution in [1.29, 1.82) is 0 Å². The number of aromatic nitrogens is 2. The van der Waals surface area contributed by atoms with Crippen LogP contribution < -0.4 is 11.0 Å². The monoisotopic (exact) mass is 237 g/mol. The van der Waals surface area contributed by atoms with E-state index in [9.17, 15) is 4.79 Å². The van der Waals surface area contributed by atoms with Gasteiger partial charge < -0.3 is 5.32 Å². The lowest BCUT2D eigenvalue weighted by Gasteiger charge is -2.20. The predicted octanol–water partition coefficient (Wildman–Crippen LogP) is 1.72. The van der Waals surface area contributed by atoms with Gasteiger partial charge in [0.2, 0.25) is 0 Å². The SMILES string of the molecule is Cc1cnc(=O)n(CCCCNC(C)(C)C)c1. The topological polar surface area (TPSA) is 46.9 Å². The lowest BCUT2D eigenvalue weighted by Crippen LogP contribution is -2.36. The maximum absolute atomic E-state index is 11.4. The van der Waals surface area contributed by atoms with Gasteiger partial charge in [0.1, 0.15) is 0 Å². The molecule has 17 heavy (non-hydrogen) atoms. The van der Waals surface area contributed by atoms with E-state index in [1.807, 2.05) is 13.1 Å². The van der Waals surface area contributed by atoms with Crippen LogP contribution in [0.4, 0.5) is 0 Å². The third kappa shape index (κ3) is 5.63. The van der Waals surface area contributed by atoms with E-state index >= 15 is 0 Å². The van der Waals surface area contributed by atoms with Crippen LogP contribution in [-0.4, -0.2) is 21.6 Å². The van der Waals surface area contributed by atoms with E-state index in [0.29, 0.717) is 0 Å². The molecule has 1 rings (SSSR count). The normalized spacial score (nSPS) is 11.8. The number of rotatable bonds is 5. The highest BCUT2D eigenvalue weighted by Crippen LogP contribution is 2.00. The summed E-state index contributed by atoms with van der Waals surface area (Å²) in [6, 6.07) is 0. The second-order valence-electron chi connectivity index (χ2n) is 5.49. The molecule has 0 unspecified atom stereocenters. The van der Waals surface area contributed by atoms with Gasteiger partial charge in [-0.15, -0.1) is 0 Å². The second kappa shape index (κ2) is 5.96. The molecule has 4 heteroatoms. The maximum Gasteiger partial charge on any atom is 0.347 e.